The van der Waals surface area contributed by atoms with Crippen LogP contribution in [0, 0.1) is 0 Å². The first-order chi connectivity index (χ1) is 12.9. The van der Waals surface area contributed by atoms with Crippen molar-refractivity contribution >= 4 is 10.0 Å². The van der Waals surface area contributed by atoms with Gasteiger partial charge < -0.3 is 4.74 Å². The Morgan fingerprint density at radius 2 is 1.64 bits per heavy atom. The number of hydrogen-bond acceptors (Lipinski definition) is 3. The third-order valence-corrected chi connectivity index (χ3v) is 6.33. The van der Waals surface area contributed by atoms with Crippen molar-refractivity contribution in [2.24, 2.45) is 0 Å². The van der Waals surface area contributed by atoms with Gasteiger partial charge in [-0.15, -0.1) is 0 Å². The van der Waals surface area contributed by atoms with Crippen LogP contribution in [0.4, 0.5) is 0 Å². The van der Waals surface area contributed by atoms with E-state index >= 15 is 0 Å². The van der Waals surface area contributed by atoms with Gasteiger partial charge in [0.2, 0.25) is 10.0 Å². The van der Waals surface area contributed by atoms with Crippen LogP contribution in [0.3, 0.4) is 0 Å². The van der Waals surface area contributed by atoms with Gasteiger partial charge in [-0.2, -0.15) is 0 Å². The molecule has 2 unspecified atom stereocenters. The van der Waals surface area contributed by atoms with Crippen molar-refractivity contribution in [2.75, 3.05) is 0 Å². The van der Waals surface area contributed by atoms with Gasteiger partial charge in [0.05, 0.1) is 4.90 Å². The maximum Gasteiger partial charge on any atom is 0.240 e. The highest BCUT2D eigenvalue weighted by Crippen LogP contribution is 2.46. The number of benzene rings is 2. The van der Waals surface area contributed by atoms with Crippen molar-refractivity contribution in [1.29, 1.82) is 0 Å². The molecule has 0 aliphatic heterocycles. The molecule has 0 aromatic heterocycles. The fraction of sp³-hybridized carbons (Fsp3) is 0.478. The molecule has 3 rings (SSSR count). The highest BCUT2D eigenvalue weighted by Gasteiger charge is 2.43. The highest BCUT2D eigenvalue weighted by molar-refractivity contribution is 7.89. The molecule has 0 radical (unpaired) electrons. The molecule has 0 saturated heterocycles. The average Bonchev–Trinajstić information content (AvgIpc) is 3.31. The van der Waals surface area contributed by atoms with E-state index in [4.69, 9.17) is 4.74 Å². The molecule has 2 aromatic carbocycles. The molecule has 4 nitrogen and oxygen atoms in total. The number of ether oxygens (including phenoxy) is 1. The quantitative estimate of drug-likeness (QED) is 0.767. The monoisotopic (exact) mass is 401 g/mol. The second kappa shape index (κ2) is 7.20. The number of rotatable bonds is 5. The SMILES string of the molecule is CC(C)(C)Oc1ccccc1C1CC1NS(=O)(=O)c1cccc(C(C)(C)C)c1. The molecule has 5 heteroatoms. The molecule has 28 heavy (non-hydrogen) atoms. The van der Waals surface area contributed by atoms with E-state index in [1.165, 1.54) is 0 Å². The van der Waals surface area contributed by atoms with E-state index in [-0.39, 0.29) is 23.0 Å². The van der Waals surface area contributed by atoms with Crippen molar-refractivity contribution in [2.45, 2.75) is 75.8 Å². The summed E-state index contributed by atoms with van der Waals surface area (Å²) in [5, 5.41) is 0. The zero-order valence-electron chi connectivity index (χ0n) is 17.6. The first kappa shape index (κ1) is 20.9. The summed E-state index contributed by atoms with van der Waals surface area (Å²) < 4.78 is 34.8. The van der Waals surface area contributed by atoms with E-state index in [0.717, 1.165) is 23.3 Å². The normalized spacial score (nSPS) is 20.1. The Bertz CT molecular complexity index is 952. The van der Waals surface area contributed by atoms with Crippen LogP contribution in [0.25, 0.3) is 0 Å². The van der Waals surface area contributed by atoms with Gasteiger partial charge in [-0.05, 0) is 61.9 Å². The minimum Gasteiger partial charge on any atom is -0.488 e. The molecule has 2 aromatic rings. The lowest BCUT2D eigenvalue weighted by molar-refractivity contribution is 0.129. The summed E-state index contributed by atoms with van der Waals surface area (Å²) in [6, 6.07) is 15.0. The van der Waals surface area contributed by atoms with E-state index in [9.17, 15) is 8.42 Å². The van der Waals surface area contributed by atoms with E-state index in [1.807, 2.05) is 57.2 Å². The molecule has 0 spiro atoms. The van der Waals surface area contributed by atoms with Crippen LogP contribution in [-0.2, 0) is 15.4 Å². The van der Waals surface area contributed by atoms with Gasteiger partial charge in [0.1, 0.15) is 11.4 Å². The number of nitrogens with one attached hydrogen (secondary N) is 1. The predicted octanol–water partition coefficient (Wildman–Crippen LogP) is 5.00. The topological polar surface area (TPSA) is 55.4 Å². The van der Waals surface area contributed by atoms with Crippen molar-refractivity contribution in [3.05, 3.63) is 59.7 Å². The van der Waals surface area contributed by atoms with Crippen molar-refractivity contribution in [3.63, 3.8) is 0 Å². The lowest BCUT2D eigenvalue weighted by Gasteiger charge is -2.23. The molecule has 1 saturated carbocycles. The van der Waals surface area contributed by atoms with Crippen molar-refractivity contribution in [3.8, 4) is 5.75 Å². The highest BCUT2D eigenvalue weighted by atomic mass is 32.2. The Labute approximate surface area is 169 Å². The van der Waals surface area contributed by atoms with Crippen LogP contribution >= 0.6 is 0 Å². The molecule has 0 bridgehead atoms. The molecule has 152 valence electrons. The van der Waals surface area contributed by atoms with E-state index in [1.54, 1.807) is 12.1 Å². The number of para-hydroxylation sites is 1. The molecule has 1 N–H and O–H groups in total. The van der Waals surface area contributed by atoms with Gasteiger partial charge in [-0.3, -0.25) is 0 Å². The molecular weight excluding hydrogens is 370 g/mol. The third kappa shape index (κ3) is 4.95. The van der Waals surface area contributed by atoms with Gasteiger partial charge in [0.15, 0.2) is 0 Å². The minimum atomic E-state index is -3.56. The molecule has 1 aliphatic rings. The third-order valence-electron chi connectivity index (χ3n) is 4.84. The van der Waals surface area contributed by atoms with Crippen LogP contribution < -0.4 is 9.46 Å². The second-order valence-electron chi connectivity index (χ2n) is 9.60. The lowest BCUT2D eigenvalue weighted by Crippen LogP contribution is -2.27. The predicted molar refractivity (Wildman–Crippen MR) is 113 cm³/mol. The Hall–Kier alpha value is -1.85. The summed E-state index contributed by atoms with van der Waals surface area (Å²) in [6.07, 6.45) is 0.780. The van der Waals surface area contributed by atoms with Crippen LogP contribution in [0.1, 0.15) is 65.0 Å². The Balaban J connectivity index is 1.77. The minimum absolute atomic E-state index is 0.100. The van der Waals surface area contributed by atoms with Gasteiger partial charge in [-0.25, -0.2) is 13.1 Å². The van der Waals surface area contributed by atoms with Gasteiger partial charge >= 0.3 is 0 Å². The Kier molecular flexibility index (Phi) is 5.36. The summed E-state index contributed by atoms with van der Waals surface area (Å²) in [7, 11) is -3.56. The molecule has 1 aliphatic carbocycles. The van der Waals surface area contributed by atoms with Crippen LogP contribution in [0.15, 0.2) is 53.4 Å². The van der Waals surface area contributed by atoms with E-state index < -0.39 is 10.0 Å². The molecule has 1 fully saturated rings. The van der Waals surface area contributed by atoms with E-state index in [2.05, 4.69) is 25.5 Å². The molecule has 0 amide bonds. The fourth-order valence-electron chi connectivity index (χ4n) is 3.28. The molecule has 2 atom stereocenters. The lowest BCUT2D eigenvalue weighted by atomic mass is 9.87. The second-order valence-corrected chi connectivity index (χ2v) is 11.3. The van der Waals surface area contributed by atoms with Crippen molar-refractivity contribution < 1.29 is 13.2 Å². The van der Waals surface area contributed by atoms with Gasteiger partial charge in [0.25, 0.3) is 0 Å². The molecule has 0 heterocycles. The van der Waals surface area contributed by atoms with Crippen LogP contribution in [0.2, 0.25) is 0 Å². The summed E-state index contributed by atoms with van der Waals surface area (Å²) in [6.45, 7) is 12.3. The summed E-state index contributed by atoms with van der Waals surface area (Å²) in [5.74, 6) is 0.968. The Morgan fingerprint density at radius 3 is 2.29 bits per heavy atom. The maximum absolute atomic E-state index is 12.9. The van der Waals surface area contributed by atoms with Crippen molar-refractivity contribution in [1.82, 2.24) is 4.72 Å². The maximum atomic E-state index is 12.9. The number of sulfonamides is 1. The largest absolute Gasteiger partial charge is 0.488 e. The van der Waals surface area contributed by atoms with Crippen LogP contribution in [-0.4, -0.2) is 20.1 Å². The first-order valence-corrected chi connectivity index (χ1v) is 11.3. The summed E-state index contributed by atoms with van der Waals surface area (Å²) >= 11 is 0. The number of hydrogen-bond donors (Lipinski definition) is 1. The summed E-state index contributed by atoms with van der Waals surface area (Å²) in [5.41, 5.74) is 1.67. The van der Waals surface area contributed by atoms with Crippen LogP contribution in [0.5, 0.6) is 5.75 Å². The fourth-order valence-corrected chi connectivity index (χ4v) is 4.61. The summed E-state index contributed by atoms with van der Waals surface area (Å²) in [4.78, 5) is 0.324. The smallest absolute Gasteiger partial charge is 0.240 e. The standard InChI is InChI=1S/C23H31NO3S/c1-22(2,3)16-10-9-11-17(14-16)28(25,26)24-20-15-19(20)18-12-7-8-13-21(18)27-23(4,5)6/h7-14,19-20,24H,15H2,1-6H3. The zero-order valence-corrected chi connectivity index (χ0v) is 18.4. The average molecular weight is 402 g/mol. The van der Waals surface area contributed by atoms with E-state index in [0.29, 0.717) is 4.90 Å². The zero-order chi connectivity index (χ0) is 20.7. The first-order valence-electron chi connectivity index (χ1n) is 9.78. The van der Waals surface area contributed by atoms with Gasteiger partial charge in [0, 0.05) is 12.0 Å². The van der Waals surface area contributed by atoms with Gasteiger partial charge in [-0.1, -0.05) is 51.1 Å². The Morgan fingerprint density at radius 1 is 0.964 bits per heavy atom. The molecular formula is C23H31NO3S.